The van der Waals surface area contributed by atoms with Crippen molar-refractivity contribution in [1.82, 2.24) is 23.8 Å². The molecule has 0 unspecified atom stereocenters. The zero-order valence-corrected chi connectivity index (χ0v) is 31.2. The summed E-state index contributed by atoms with van der Waals surface area (Å²) in [6, 6.07) is 50.8. The van der Waals surface area contributed by atoms with Crippen LogP contribution in [-0.2, 0) is 0 Å². The van der Waals surface area contributed by atoms with Crippen LogP contribution in [0.2, 0.25) is 0 Å². The van der Waals surface area contributed by atoms with E-state index >= 15 is 0 Å². The van der Waals surface area contributed by atoms with Gasteiger partial charge in [-0.25, -0.2) is 15.0 Å². The standard InChI is InChI=1S/C50H35N5O/c1-30-25-31(2)45(32(3)26-30)44-29-52-49-41-27-35(21-23-38(41)40-18-12-24-51-48(40)55(44)49)56-36-20-22-37-39-17-10-11-19-43(39)54-47(34-15-8-5-9-16-34)46(33-13-6-4-7-14-33)53-50(54)42(37)28-36/h4-29H,1-3H3. The molecule has 0 N–H and O–H groups in total. The molecule has 0 amide bonds. The number of fused-ring (bicyclic) bond motifs is 12. The summed E-state index contributed by atoms with van der Waals surface area (Å²) in [4.78, 5) is 15.4. The van der Waals surface area contributed by atoms with Crippen molar-refractivity contribution in [3.63, 3.8) is 0 Å². The fraction of sp³-hybridized carbons (Fsp3) is 0.0600. The summed E-state index contributed by atoms with van der Waals surface area (Å²) in [5.41, 5.74) is 13.8. The number of ether oxygens (including phenoxy) is 1. The Morgan fingerprint density at radius 2 is 1.09 bits per heavy atom. The largest absolute Gasteiger partial charge is 0.457 e. The minimum Gasteiger partial charge on any atom is -0.457 e. The van der Waals surface area contributed by atoms with E-state index in [1.54, 1.807) is 0 Å². The zero-order valence-electron chi connectivity index (χ0n) is 31.2. The van der Waals surface area contributed by atoms with Gasteiger partial charge in [0.25, 0.3) is 0 Å². The van der Waals surface area contributed by atoms with Gasteiger partial charge in [0, 0.05) is 44.4 Å². The highest BCUT2D eigenvalue weighted by atomic mass is 16.5. The fourth-order valence-electron chi connectivity index (χ4n) is 8.84. The Bertz CT molecular complexity index is 3340. The van der Waals surface area contributed by atoms with Gasteiger partial charge in [0.15, 0.2) is 0 Å². The summed E-state index contributed by atoms with van der Waals surface area (Å²) in [6.07, 6.45) is 3.84. The van der Waals surface area contributed by atoms with Gasteiger partial charge in [-0.05, 0) is 97.3 Å². The van der Waals surface area contributed by atoms with Crippen LogP contribution in [0.1, 0.15) is 16.7 Å². The highest BCUT2D eigenvalue weighted by Gasteiger charge is 2.22. The molecule has 11 rings (SSSR count). The molecule has 5 heterocycles. The third-order valence-corrected chi connectivity index (χ3v) is 11.1. The maximum absolute atomic E-state index is 6.78. The lowest BCUT2D eigenvalue weighted by Gasteiger charge is -2.15. The summed E-state index contributed by atoms with van der Waals surface area (Å²) in [5.74, 6) is 1.46. The summed E-state index contributed by atoms with van der Waals surface area (Å²) < 4.78 is 11.3. The Kier molecular flexibility index (Phi) is 7.10. The van der Waals surface area contributed by atoms with E-state index in [9.17, 15) is 0 Å². The van der Waals surface area contributed by atoms with Crippen molar-refractivity contribution in [3.05, 3.63) is 175 Å². The summed E-state index contributed by atoms with van der Waals surface area (Å²) in [5, 5.41) is 6.43. The van der Waals surface area contributed by atoms with Gasteiger partial charge in [-0.1, -0.05) is 96.6 Å². The van der Waals surface area contributed by atoms with E-state index in [1.807, 2.05) is 30.6 Å². The topological polar surface area (TPSA) is 56.7 Å². The van der Waals surface area contributed by atoms with Crippen molar-refractivity contribution in [1.29, 1.82) is 0 Å². The summed E-state index contributed by atoms with van der Waals surface area (Å²) in [6.45, 7) is 6.49. The molecular formula is C50H35N5O. The molecule has 11 aromatic rings. The van der Waals surface area contributed by atoms with Gasteiger partial charge in [-0.2, -0.15) is 0 Å². The van der Waals surface area contributed by atoms with E-state index in [-0.39, 0.29) is 0 Å². The molecule has 0 saturated heterocycles. The lowest BCUT2D eigenvalue weighted by atomic mass is 9.97. The van der Waals surface area contributed by atoms with Crippen LogP contribution in [0.15, 0.2) is 158 Å². The highest BCUT2D eigenvalue weighted by Crippen LogP contribution is 2.41. The van der Waals surface area contributed by atoms with Gasteiger partial charge < -0.3 is 4.74 Å². The van der Waals surface area contributed by atoms with E-state index in [2.05, 4.69) is 157 Å². The van der Waals surface area contributed by atoms with E-state index in [0.29, 0.717) is 0 Å². The first-order chi connectivity index (χ1) is 27.5. The number of hydrogen-bond acceptors (Lipinski definition) is 4. The number of imidazole rings is 2. The third-order valence-electron chi connectivity index (χ3n) is 11.1. The monoisotopic (exact) mass is 721 g/mol. The van der Waals surface area contributed by atoms with Crippen molar-refractivity contribution in [2.45, 2.75) is 20.8 Å². The maximum Gasteiger partial charge on any atom is 0.146 e. The Morgan fingerprint density at radius 1 is 0.482 bits per heavy atom. The SMILES string of the molecule is Cc1cc(C)c(-c2cnc3c4cc(Oc5ccc6c7ccccc7n7c(-c8ccccc8)c(-c8ccccc8)nc7c6c5)ccc4c4cccnc4n23)c(C)c1. The number of aryl methyl sites for hydroxylation is 3. The van der Waals surface area contributed by atoms with Crippen LogP contribution < -0.4 is 4.74 Å². The van der Waals surface area contributed by atoms with E-state index in [0.717, 1.165) is 94.5 Å². The van der Waals surface area contributed by atoms with Crippen molar-refractivity contribution in [2.75, 3.05) is 0 Å². The molecule has 0 fully saturated rings. The van der Waals surface area contributed by atoms with Gasteiger partial charge in [0.2, 0.25) is 0 Å². The third kappa shape index (κ3) is 4.85. The lowest BCUT2D eigenvalue weighted by Crippen LogP contribution is -1.98. The molecule has 266 valence electrons. The van der Waals surface area contributed by atoms with Gasteiger partial charge >= 0.3 is 0 Å². The average Bonchev–Trinajstić information content (AvgIpc) is 3.85. The molecule has 56 heavy (non-hydrogen) atoms. The number of rotatable bonds is 5. The van der Waals surface area contributed by atoms with Gasteiger partial charge in [0.05, 0.1) is 28.8 Å². The number of pyridine rings is 3. The summed E-state index contributed by atoms with van der Waals surface area (Å²) >= 11 is 0. The molecule has 0 aliphatic rings. The van der Waals surface area contributed by atoms with Crippen LogP contribution in [0.25, 0.3) is 88.5 Å². The van der Waals surface area contributed by atoms with Crippen LogP contribution in [0.3, 0.4) is 0 Å². The van der Waals surface area contributed by atoms with E-state index < -0.39 is 0 Å². The second kappa shape index (κ2) is 12.4. The molecule has 0 radical (unpaired) electrons. The van der Waals surface area contributed by atoms with Crippen molar-refractivity contribution in [3.8, 4) is 45.3 Å². The van der Waals surface area contributed by atoms with Gasteiger partial charge in [-0.3, -0.25) is 8.80 Å². The summed E-state index contributed by atoms with van der Waals surface area (Å²) in [7, 11) is 0. The molecule has 5 aromatic heterocycles. The van der Waals surface area contributed by atoms with Gasteiger partial charge in [-0.15, -0.1) is 0 Å². The lowest BCUT2D eigenvalue weighted by molar-refractivity contribution is 0.484. The molecule has 0 spiro atoms. The number of para-hydroxylation sites is 1. The number of hydrogen-bond donors (Lipinski definition) is 0. The van der Waals surface area contributed by atoms with Crippen molar-refractivity contribution in [2.24, 2.45) is 0 Å². The minimum absolute atomic E-state index is 0.726. The zero-order chi connectivity index (χ0) is 37.5. The molecule has 0 aliphatic carbocycles. The van der Waals surface area contributed by atoms with Crippen molar-refractivity contribution < 1.29 is 4.74 Å². The van der Waals surface area contributed by atoms with Crippen LogP contribution in [0, 0.1) is 20.8 Å². The Balaban J connectivity index is 1.11. The molecule has 6 nitrogen and oxygen atoms in total. The Hall–Kier alpha value is -7.31. The van der Waals surface area contributed by atoms with Crippen molar-refractivity contribution >= 4 is 54.8 Å². The molecule has 6 heteroatoms. The van der Waals surface area contributed by atoms with Crippen LogP contribution in [-0.4, -0.2) is 23.8 Å². The molecule has 0 bridgehead atoms. The van der Waals surface area contributed by atoms with Gasteiger partial charge in [0.1, 0.15) is 28.4 Å². The first-order valence-corrected chi connectivity index (χ1v) is 18.9. The van der Waals surface area contributed by atoms with E-state index in [4.69, 9.17) is 19.7 Å². The van der Waals surface area contributed by atoms with Crippen LogP contribution >= 0.6 is 0 Å². The smallest absolute Gasteiger partial charge is 0.146 e. The Labute approximate surface area is 322 Å². The van der Waals surface area contributed by atoms with Crippen LogP contribution in [0.4, 0.5) is 0 Å². The quantitative estimate of drug-likeness (QED) is 0.166. The predicted octanol–water partition coefficient (Wildman–Crippen LogP) is 12.7. The molecule has 6 aromatic carbocycles. The average molecular weight is 722 g/mol. The number of nitrogens with zero attached hydrogens (tertiary/aromatic N) is 5. The first kappa shape index (κ1) is 32.1. The minimum atomic E-state index is 0.726. The highest BCUT2D eigenvalue weighted by molar-refractivity contribution is 6.14. The predicted molar refractivity (Wildman–Crippen MR) is 229 cm³/mol. The van der Waals surface area contributed by atoms with E-state index in [1.165, 1.54) is 22.3 Å². The first-order valence-electron chi connectivity index (χ1n) is 18.9. The molecule has 0 atom stereocenters. The Morgan fingerprint density at radius 3 is 1.82 bits per heavy atom. The number of benzene rings is 6. The fourth-order valence-corrected chi connectivity index (χ4v) is 8.84. The maximum atomic E-state index is 6.78. The second-order valence-electron chi connectivity index (χ2n) is 14.7. The second-order valence-corrected chi connectivity index (χ2v) is 14.7. The normalized spacial score (nSPS) is 11.8. The molecule has 0 saturated carbocycles. The number of aromatic nitrogens is 5. The molecule has 0 aliphatic heterocycles. The van der Waals surface area contributed by atoms with Crippen LogP contribution in [0.5, 0.6) is 11.5 Å². The molecular weight excluding hydrogens is 687 g/mol.